The van der Waals surface area contributed by atoms with Crippen LogP contribution in [0.4, 0.5) is 0 Å². The number of hydrogen-bond acceptors (Lipinski definition) is 2. The number of halogens is 2. The maximum atomic E-state index is 7.06. The normalized spacial score (nSPS) is 9.64. The van der Waals surface area contributed by atoms with Gasteiger partial charge in [-0.25, -0.2) is 4.98 Å². The summed E-state index contributed by atoms with van der Waals surface area (Å²) in [5.74, 6) is -0.0730. The molecule has 0 aliphatic carbocycles. The molecule has 11 heavy (non-hydrogen) atoms. The second kappa shape index (κ2) is 3.07. The number of nitrogen functional groups attached to an aromatic ring is 1. The third-order valence-electron chi connectivity index (χ3n) is 1.07. The Morgan fingerprint density at radius 2 is 1.82 bits per heavy atom. The van der Waals surface area contributed by atoms with Crippen LogP contribution in [0.25, 0.3) is 0 Å². The Labute approximate surface area is 73.6 Å². The molecule has 3 nitrogen and oxygen atoms in total. The Morgan fingerprint density at radius 1 is 1.36 bits per heavy atom. The first-order valence-corrected chi connectivity index (χ1v) is 3.52. The first-order chi connectivity index (χ1) is 5.09. The summed E-state index contributed by atoms with van der Waals surface area (Å²) < 4.78 is 0. The molecule has 0 aliphatic heterocycles. The summed E-state index contributed by atoms with van der Waals surface area (Å²) >= 11 is 11.1. The van der Waals surface area contributed by atoms with E-state index in [-0.39, 0.29) is 16.1 Å². The van der Waals surface area contributed by atoms with Crippen LogP contribution in [0.2, 0.25) is 10.3 Å². The molecule has 1 aromatic heterocycles. The fourth-order valence-corrected chi connectivity index (χ4v) is 1.08. The van der Waals surface area contributed by atoms with E-state index in [1.807, 2.05) is 0 Å². The quantitative estimate of drug-likeness (QED) is 0.402. The minimum Gasteiger partial charge on any atom is -0.384 e. The predicted octanol–water partition coefficient (Wildman–Crippen LogP) is 1.67. The summed E-state index contributed by atoms with van der Waals surface area (Å²) in [6, 6.07) is 2.96. The molecule has 0 atom stereocenters. The van der Waals surface area contributed by atoms with E-state index in [2.05, 4.69) is 4.98 Å². The molecule has 0 saturated heterocycles. The van der Waals surface area contributed by atoms with Gasteiger partial charge in [-0.3, -0.25) is 5.41 Å². The lowest BCUT2D eigenvalue weighted by Crippen LogP contribution is -2.11. The fraction of sp³-hybridized carbons (Fsp3) is 0. The van der Waals surface area contributed by atoms with E-state index in [0.717, 1.165) is 0 Å². The molecule has 0 amide bonds. The van der Waals surface area contributed by atoms with Crippen molar-refractivity contribution in [2.45, 2.75) is 0 Å². The first kappa shape index (κ1) is 8.30. The average molecular weight is 190 g/mol. The van der Waals surface area contributed by atoms with Crippen LogP contribution in [-0.4, -0.2) is 10.8 Å². The largest absolute Gasteiger partial charge is 0.384 e. The van der Waals surface area contributed by atoms with Crippen LogP contribution in [0.1, 0.15) is 5.56 Å². The Balaban J connectivity index is 3.19. The molecular formula is C6H5Cl2N3. The van der Waals surface area contributed by atoms with Crippen LogP contribution in [0.15, 0.2) is 12.1 Å². The molecule has 0 spiro atoms. The molecule has 3 N–H and O–H groups in total. The van der Waals surface area contributed by atoms with E-state index in [0.29, 0.717) is 5.56 Å². The predicted molar refractivity (Wildman–Crippen MR) is 45.3 cm³/mol. The van der Waals surface area contributed by atoms with Gasteiger partial charge in [0.05, 0.1) is 0 Å². The highest BCUT2D eigenvalue weighted by atomic mass is 35.5. The zero-order chi connectivity index (χ0) is 8.43. The first-order valence-electron chi connectivity index (χ1n) is 2.77. The van der Waals surface area contributed by atoms with Crippen molar-refractivity contribution in [2.24, 2.45) is 5.73 Å². The number of nitrogens with one attached hydrogen (secondary N) is 1. The highest BCUT2D eigenvalue weighted by Crippen LogP contribution is 2.13. The number of pyridine rings is 1. The second-order valence-electron chi connectivity index (χ2n) is 1.91. The SMILES string of the molecule is N=C(N)c1cc(Cl)nc(Cl)c1. The fourth-order valence-electron chi connectivity index (χ4n) is 0.620. The third kappa shape index (κ3) is 2.06. The van der Waals surface area contributed by atoms with Crippen LogP contribution in [0.5, 0.6) is 0 Å². The highest BCUT2D eigenvalue weighted by molar-refractivity contribution is 6.33. The number of nitrogens with two attached hydrogens (primary N) is 1. The summed E-state index contributed by atoms with van der Waals surface area (Å²) in [5, 5.41) is 7.54. The van der Waals surface area contributed by atoms with E-state index in [9.17, 15) is 0 Å². The maximum Gasteiger partial charge on any atom is 0.131 e. The van der Waals surface area contributed by atoms with Crippen LogP contribution in [0, 0.1) is 5.41 Å². The molecule has 1 aromatic rings. The van der Waals surface area contributed by atoms with Crippen molar-refractivity contribution >= 4 is 29.0 Å². The van der Waals surface area contributed by atoms with Crippen molar-refractivity contribution in [1.82, 2.24) is 4.98 Å². The molecule has 1 heterocycles. The van der Waals surface area contributed by atoms with Crippen LogP contribution in [-0.2, 0) is 0 Å². The Morgan fingerprint density at radius 3 is 2.18 bits per heavy atom. The van der Waals surface area contributed by atoms with Gasteiger partial charge in [-0.05, 0) is 12.1 Å². The van der Waals surface area contributed by atoms with Crippen molar-refractivity contribution in [1.29, 1.82) is 5.41 Å². The Kier molecular flexibility index (Phi) is 2.31. The Hall–Kier alpha value is -0.800. The van der Waals surface area contributed by atoms with Gasteiger partial charge in [0.25, 0.3) is 0 Å². The van der Waals surface area contributed by atoms with Crippen molar-refractivity contribution < 1.29 is 0 Å². The van der Waals surface area contributed by atoms with Gasteiger partial charge in [0.2, 0.25) is 0 Å². The number of hydrogen-bond donors (Lipinski definition) is 2. The molecule has 5 heteroatoms. The summed E-state index contributed by atoms with van der Waals surface area (Å²) in [4.78, 5) is 3.70. The third-order valence-corrected chi connectivity index (χ3v) is 1.46. The lowest BCUT2D eigenvalue weighted by atomic mass is 10.2. The molecule has 0 radical (unpaired) electrons. The topological polar surface area (TPSA) is 62.8 Å². The smallest absolute Gasteiger partial charge is 0.131 e. The average Bonchev–Trinajstić information content (AvgIpc) is 1.85. The maximum absolute atomic E-state index is 7.06. The molecule has 0 saturated carbocycles. The minimum absolute atomic E-state index is 0.0730. The monoisotopic (exact) mass is 189 g/mol. The van der Waals surface area contributed by atoms with E-state index < -0.39 is 0 Å². The molecule has 0 fully saturated rings. The van der Waals surface area contributed by atoms with Crippen molar-refractivity contribution in [3.63, 3.8) is 0 Å². The van der Waals surface area contributed by atoms with Crippen molar-refractivity contribution in [2.75, 3.05) is 0 Å². The molecule has 0 unspecified atom stereocenters. The van der Waals surface area contributed by atoms with E-state index in [1.165, 1.54) is 12.1 Å². The summed E-state index contributed by atoms with van der Waals surface area (Å²) in [6.07, 6.45) is 0. The molecule has 58 valence electrons. The lowest BCUT2D eigenvalue weighted by molar-refractivity contribution is 1.30. The highest BCUT2D eigenvalue weighted by Gasteiger charge is 2.00. The standard InChI is InChI=1S/C6H5Cl2N3/c7-4-1-3(6(9)10)2-5(8)11-4/h1-2H,(H3,9,10). The van der Waals surface area contributed by atoms with Gasteiger partial charge in [-0.1, -0.05) is 23.2 Å². The summed E-state index contributed by atoms with van der Waals surface area (Å²) in [5.41, 5.74) is 5.67. The number of rotatable bonds is 1. The van der Waals surface area contributed by atoms with Crippen LogP contribution >= 0.6 is 23.2 Å². The van der Waals surface area contributed by atoms with Gasteiger partial charge >= 0.3 is 0 Å². The van der Waals surface area contributed by atoms with E-state index >= 15 is 0 Å². The summed E-state index contributed by atoms with van der Waals surface area (Å²) in [6.45, 7) is 0. The molecule has 1 rings (SSSR count). The number of amidine groups is 1. The van der Waals surface area contributed by atoms with E-state index in [4.69, 9.17) is 34.3 Å². The number of aromatic nitrogens is 1. The molecule has 0 aromatic carbocycles. The molecular weight excluding hydrogens is 185 g/mol. The van der Waals surface area contributed by atoms with Gasteiger partial charge in [0.1, 0.15) is 16.1 Å². The van der Waals surface area contributed by atoms with Crippen molar-refractivity contribution in [3.05, 3.63) is 28.0 Å². The second-order valence-corrected chi connectivity index (χ2v) is 2.69. The van der Waals surface area contributed by atoms with E-state index in [1.54, 1.807) is 0 Å². The zero-order valence-electron chi connectivity index (χ0n) is 5.44. The Bertz CT molecular complexity index is 278. The zero-order valence-corrected chi connectivity index (χ0v) is 6.95. The molecule has 0 aliphatic rings. The van der Waals surface area contributed by atoms with Gasteiger partial charge in [-0.15, -0.1) is 0 Å². The lowest BCUT2D eigenvalue weighted by Gasteiger charge is -1.98. The van der Waals surface area contributed by atoms with Crippen molar-refractivity contribution in [3.8, 4) is 0 Å². The summed E-state index contributed by atoms with van der Waals surface area (Å²) in [7, 11) is 0. The van der Waals surface area contributed by atoms with Gasteiger partial charge in [0, 0.05) is 5.56 Å². The van der Waals surface area contributed by atoms with Crippen LogP contribution in [0.3, 0.4) is 0 Å². The van der Waals surface area contributed by atoms with Gasteiger partial charge in [0.15, 0.2) is 0 Å². The molecule has 0 bridgehead atoms. The van der Waals surface area contributed by atoms with Gasteiger partial charge < -0.3 is 5.73 Å². The van der Waals surface area contributed by atoms with Crippen LogP contribution < -0.4 is 5.73 Å². The minimum atomic E-state index is -0.0730. The van der Waals surface area contributed by atoms with Gasteiger partial charge in [-0.2, -0.15) is 0 Å². The number of nitrogens with zero attached hydrogens (tertiary/aromatic N) is 1.